The number of rotatable bonds is 3. The molecule has 1 aromatic heterocycles. The minimum absolute atomic E-state index is 0.0827. The van der Waals surface area contributed by atoms with Crippen molar-refractivity contribution in [3.8, 4) is 0 Å². The Morgan fingerprint density at radius 1 is 1.56 bits per heavy atom. The van der Waals surface area contributed by atoms with Crippen LogP contribution in [0.5, 0.6) is 0 Å². The van der Waals surface area contributed by atoms with E-state index in [-0.39, 0.29) is 11.9 Å². The first-order valence-corrected chi connectivity index (χ1v) is 6.39. The summed E-state index contributed by atoms with van der Waals surface area (Å²) in [6, 6.07) is 5.61. The lowest BCUT2D eigenvalue weighted by atomic mass is 9.80. The zero-order chi connectivity index (χ0) is 11.5. The van der Waals surface area contributed by atoms with Gasteiger partial charge in [0.1, 0.15) is 10.3 Å². The summed E-state index contributed by atoms with van der Waals surface area (Å²) in [7, 11) is 0. The van der Waals surface area contributed by atoms with Gasteiger partial charge in [-0.3, -0.25) is 4.79 Å². The summed E-state index contributed by atoms with van der Waals surface area (Å²) in [6.07, 6.45) is 3.75. The van der Waals surface area contributed by atoms with Crippen LogP contribution in [0.4, 0.5) is 0 Å². The zero-order valence-electron chi connectivity index (χ0n) is 9.24. The number of hydrogen-bond acceptors (Lipinski definition) is 2. The van der Waals surface area contributed by atoms with Gasteiger partial charge in [-0.05, 0) is 53.7 Å². The lowest BCUT2D eigenvalue weighted by Gasteiger charge is -2.31. The van der Waals surface area contributed by atoms with E-state index in [1.807, 2.05) is 12.1 Å². The van der Waals surface area contributed by atoms with Crippen molar-refractivity contribution in [3.05, 3.63) is 28.5 Å². The third-order valence-corrected chi connectivity index (χ3v) is 3.61. The van der Waals surface area contributed by atoms with Crippen molar-refractivity contribution in [1.82, 2.24) is 10.3 Å². The van der Waals surface area contributed by atoms with E-state index in [9.17, 15) is 4.79 Å². The second kappa shape index (κ2) is 4.95. The number of nitrogens with one attached hydrogen (secondary N) is 1. The molecule has 1 aromatic rings. The maximum atomic E-state index is 11.9. The SMILES string of the molecule is CC(NC(=O)c1cccc(Br)n1)C1CCC1. The van der Waals surface area contributed by atoms with Gasteiger partial charge in [-0.25, -0.2) is 4.98 Å². The van der Waals surface area contributed by atoms with Gasteiger partial charge in [-0.2, -0.15) is 0 Å². The highest BCUT2D eigenvalue weighted by molar-refractivity contribution is 9.10. The average molecular weight is 283 g/mol. The first-order chi connectivity index (χ1) is 7.66. The van der Waals surface area contributed by atoms with Gasteiger partial charge in [0.05, 0.1) is 0 Å². The lowest BCUT2D eigenvalue weighted by molar-refractivity contribution is 0.0904. The van der Waals surface area contributed by atoms with Crippen molar-refractivity contribution < 1.29 is 4.79 Å². The molecule has 0 spiro atoms. The summed E-state index contributed by atoms with van der Waals surface area (Å²) in [5, 5.41) is 3.00. The summed E-state index contributed by atoms with van der Waals surface area (Å²) in [6.45, 7) is 2.07. The molecule has 1 aliphatic carbocycles. The summed E-state index contributed by atoms with van der Waals surface area (Å²) in [5.74, 6) is 0.566. The Morgan fingerprint density at radius 3 is 2.88 bits per heavy atom. The van der Waals surface area contributed by atoms with Crippen LogP contribution in [0.3, 0.4) is 0 Å². The Morgan fingerprint density at radius 2 is 2.31 bits per heavy atom. The summed E-state index contributed by atoms with van der Waals surface area (Å²) in [5.41, 5.74) is 0.473. The van der Waals surface area contributed by atoms with Crippen LogP contribution in [0.15, 0.2) is 22.8 Å². The molecule has 86 valence electrons. The standard InChI is InChI=1S/C12H15BrN2O/c1-8(9-4-2-5-9)14-12(16)10-6-3-7-11(13)15-10/h3,6-9H,2,4-5H2,1H3,(H,14,16). The van der Waals surface area contributed by atoms with Crippen LogP contribution in [0.2, 0.25) is 0 Å². The molecule has 1 saturated carbocycles. The van der Waals surface area contributed by atoms with Gasteiger partial charge in [0, 0.05) is 6.04 Å². The van der Waals surface area contributed by atoms with E-state index in [2.05, 4.69) is 33.2 Å². The molecule has 1 N–H and O–H groups in total. The first kappa shape index (κ1) is 11.6. The van der Waals surface area contributed by atoms with Crippen LogP contribution in [0.25, 0.3) is 0 Å². The monoisotopic (exact) mass is 282 g/mol. The average Bonchev–Trinajstić information content (AvgIpc) is 2.14. The van der Waals surface area contributed by atoms with Crippen molar-refractivity contribution in [1.29, 1.82) is 0 Å². The molecule has 0 aromatic carbocycles. The number of carbonyl (C=O) groups is 1. The Hall–Kier alpha value is -0.900. The topological polar surface area (TPSA) is 42.0 Å². The smallest absolute Gasteiger partial charge is 0.270 e. The highest BCUT2D eigenvalue weighted by atomic mass is 79.9. The fourth-order valence-corrected chi connectivity index (χ4v) is 2.22. The number of nitrogens with zero attached hydrogens (tertiary/aromatic N) is 1. The van der Waals surface area contributed by atoms with Crippen LogP contribution < -0.4 is 5.32 Å². The molecule has 3 nitrogen and oxygen atoms in total. The summed E-state index contributed by atoms with van der Waals surface area (Å²) < 4.78 is 0.691. The second-order valence-electron chi connectivity index (χ2n) is 4.30. The van der Waals surface area contributed by atoms with E-state index in [0.29, 0.717) is 16.2 Å². The van der Waals surface area contributed by atoms with E-state index >= 15 is 0 Å². The van der Waals surface area contributed by atoms with Gasteiger partial charge in [0.15, 0.2) is 0 Å². The fourth-order valence-electron chi connectivity index (χ4n) is 1.87. The van der Waals surface area contributed by atoms with Crippen molar-refractivity contribution in [3.63, 3.8) is 0 Å². The third-order valence-electron chi connectivity index (χ3n) is 3.16. The van der Waals surface area contributed by atoms with Crippen molar-refractivity contribution in [2.75, 3.05) is 0 Å². The summed E-state index contributed by atoms with van der Waals surface area (Å²) >= 11 is 3.26. The molecule has 4 heteroatoms. The van der Waals surface area contributed by atoms with E-state index in [1.165, 1.54) is 19.3 Å². The van der Waals surface area contributed by atoms with E-state index in [4.69, 9.17) is 0 Å². The molecule has 2 rings (SSSR count). The highest BCUT2D eigenvalue weighted by Gasteiger charge is 2.25. The van der Waals surface area contributed by atoms with E-state index in [0.717, 1.165) is 0 Å². The lowest BCUT2D eigenvalue weighted by Crippen LogP contribution is -2.40. The predicted octanol–water partition coefficient (Wildman–Crippen LogP) is 2.76. The molecule has 1 amide bonds. The highest BCUT2D eigenvalue weighted by Crippen LogP contribution is 2.29. The normalized spacial score (nSPS) is 17.6. The van der Waals surface area contributed by atoms with Gasteiger partial charge in [0.2, 0.25) is 0 Å². The fraction of sp³-hybridized carbons (Fsp3) is 0.500. The van der Waals surface area contributed by atoms with Crippen LogP contribution >= 0.6 is 15.9 Å². The van der Waals surface area contributed by atoms with Gasteiger partial charge in [-0.15, -0.1) is 0 Å². The molecule has 16 heavy (non-hydrogen) atoms. The minimum Gasteiger partial charge on any atom is -0.348 e. The van der Waals surface area contributed by atoms with Crippen LogP contribution in [0.1, 0.15) is 36.7 Å². The Kier molecular flexibility index (Phi) is 3.59. The molecule has 0 bridgehead atoms. The maximum Gasteiger partial charge on any atom is 0.270 e. The number of halogens is 1. The third kappa shape index (κ3) is 2.61. The molecule has 0 radical (unpaired) electrons. The molecule has 1 atom stereocenters. The van der Waals surface area contributed by atoms with Crippen molar-refractivity contribution >= 4 is 21.8 Å². The molecule has 0 saturated heterocycles. The Bertz CT molecular complexity index is 390. The summed E-state index contributed by atoms with van der Waals surface area (Å²) in [4.78, 5) is 16.0. The maximum absolute atomic E-state index is 11.9. The largest absolute Gasteiger partial charge is 0.348 e. The number of carbonyl (C=O) groups excluding carboxylic acids is 1. The first-order valence-electron chi connectivity index (χ1n) is 5.60. The molecule has 1 heterocycles. The van der Waals surface area contributed by atoms with Gasteiger partial charge in [-0.1, -0.05) is 12.5 Å². The Balaban J connectivity index is 1.96. The van der Waals surface area contributed by atoms with E-state index < -0.39 is 0 Å². The molecule has 1 fully saturated rings. The molecular weight excluding hydrogens is 268 g/mol. The van der Waals surface area contributed by atoms with Gasteiger partial charge >= 0.3 is 0 Å². The van der Waals surface area contributed by atoms with Gasteiger partial charge < -0.3 is 5.32 Å². The second-order valence-corrected chi connectivity index (χ2v) is 5.11. The number of aromatic nitrogens is 1. The predicted molar refractivity (Wildman–Crippen MR) is 66.2 cm³/mol. The minimum atomic E-state index is -0.0827. The Labute approximate surface area is 104 Å². The van der Waals surface area contributed by atoms with Crippen LogP contribution in [-0.2, 0) is 0 Å². The van der Waals surface area contributed by atoms with E-state index in [1.54, 1.807) is 6.07 Å². The van der Waals surface area contributed by atoms with Crippen LogP contribution in [0, 0.1) is 5.92 Å². The van der Waals surface area contributed by atoms with Gasteiger partial charge in [0.25, 0.3) is 5.91 Å². The quantitative estimate of drug-likeness (QED) is 0.867. The van der Waals surface area contributed by atoms with Crippen LogP contribution in [-0.4, -0.2) is 16.9 Å². The zero-order valence-corrected chi connectivity index (χ0v) is 10.8. The van der Waals surface area contributed by atoms with Crippen molar-refractivity contribution in [2.45, 2.75) is 32.2 Å². The number of hydrogen-bond donors (Lipinski definition) is 1. The molecular formula is C12H15BrN2O. The molecule has 1 aliphatic rings. The van der Waals surface area contributed by atoms with Crippen molar-refractivity contribution in [2.24, 2.45) is 5.92 Å². The number of pyridine rings is 1. The molecule has 1 unspecified atom stereocenters. The number of amides is 1. The molecule has 0 aliphatic heterocycles.